The molecule has 0 radical (unpaired) electrons. The third-order valence-electron chi connectivity index (χ3n) is 2.68. The van der Waals surface area contributed by atoms with E-state index in [-0.39, 0.29) is 0 Å². The molecule has 2 aromatic rings. The van der Waals surface area contributed by atoms with E-state index in [1.54, 1.807) is 35.6 Å². The third kappa shape index (κ3) is 3.15. The average molecular weight is 264 g/mol. The van der Waals surface area contributed by atoms with E-state index in [9.17, 15) is 4.79 Å². The Kier molecular flexibility index (Phi) is 4.22. The van der Waals surface area contributed by atoms with Crippen LogP contribution in [0.2, 0.25) is 0 Å². The second-order valence-electron chi connectivity index (χ2n) is 3.99. The molecule has 0 unspecified atom stereocenters. The molecule has 0 amide bonds. The van der Waals surface area contributed by atoms with Crippen molar-refractivity contribution in [3.63, 3.8) is 0 Å². The number of carbonyl (C=O) groups is 1. The van der Waals surface area contributed by atoms with Crippen LogP contribution in [0.15, 0.2) is 12.4 Å². The summed E-state index contributed by atoms with van der Waals surface area (Å²) in [6, 6.07) is 0. The quantitative estimate of drug-likeness (QED) is 0.693. The summed E-state index contributed by atoms with van der Waals surface area (Å²) in [5.41, 5.74) is 0. The van der Waals surface area contributed by atoms with E-state index in [1.807, 2.05) is 0 Å². The van der Waals surface area contributed by atoms with Crippen molar-refractivity contribution in [2.75, 3.05) is 6.61 Å². The standard InChI is InChI=1S/C11H16N6O2/c1-3-19-11(18)10-12-6-8-17(10)7-4-5-9-13-14-15-16(9)2/h6,8H,3-5,7H2,1-2H3. The minimum Gasteiger partial charge on any atom is -0.460 e. The maximum absolute atomic E-state index is 11.6. The Bertz CT molecular complexity index is 547. The van der Waals surface area contributed by atoms with Crippen LogP contribution < -0.4 is 0 Å². The van der Waals surface area contributed by atoms with Gasteiger partial charge in [0.2, 0.25) is 5.82 Å². The summed E-state index contributed by atoms with van der Waals surface area (Å²) in [4.78, 5) is 15.6. The van der Waals surface area contributed by atoms with Crippen molar-refractivity contribution in [2.45, 2.75) is 26.3 Å². The molecular weight excluding hydrogens is 248 g/mol. The van der Waals surface area contributed by atoms with Gasteiger partial charge in [-0.25, -0.2) is 14.5 Å². The van der Waals surface area contributed by atoms with Crippen molar-refractivity contribution in [3.05, 3.63) is 24.0 Å². The Morgan fingerprint density at radius 2 is 2.32 bits per heavy atom. The normalized spacial score (nSPS) is 10.6. The smallest absolute Gasteiger partial charge is 0.374 e. The number of hydrogen-bond acceptors (Lipinski definition) is 6. The largest absolute Gasteiger partial charge is 0.460 e. The van der Waals surface area contributed by atoms with Crippen LogP contribution in [0.25, 0.3) is 0 Å². The zero-order chi connectivity index (χ0) is 13.7. The summed E-state index contributed by atoms with van der Waals surface area (Å²) >= 11 is 0. The summed E-state index contributed by atoms with van der Waals surface area (Å²) in [5.74, 6) is 0.753. The maximum Gasteiger partial charge on any atom is 0.374 e. The van der Waals surface area contributed by atoms with Crippen molar-refractivity contribution in [3.8, 4) is 0 Å². The van der Waals surface area contributed by atoms with E-state index in [2.05, 4.69) is 20.5 Å². The molecule has 0 atom stereocenters. The highest BCUT2D eigenvalue weighted by Gasteiger charge is 2.13. The fourth-order valence-corrected chi connectivity index (χ4v) is 1.74. The van der Waals surface area contributed by atoms with Gasteiger partial charge in [0.25, 0.3) is 0 Å². The molecule has 102 valence electrons. The first-order chi connectivity index (χ1) is 9.22. The van der Waals surface area contributed by atoms with E-state index in [0.29, 0.717) is 19.0 Å². The molecule has 0 bridgehead atoms. The second-order valence-corrected chi connectivity index (χ2v) is 3.99. The molecule has 2 aromatic heterocycles. The molecule has 2 rings (SSSR count). The number of ether oxygens (including phenoxy) is 1. The number of esters is 1. The number of rotatable bonds is 6. The molecule has 0 saturated heterocycles. The van der Waals surface area contributed by atoms with E-state index < -0.39 is 5.97 Å². The third-order valence-corrected chi connectivity index (χ3v) is 2.68. The Hall–Kier alpha value is -2.25. The van der Waals surface area contributed by atoms with Crippen LogP contribution in [0, 0.1) is 0 Å². The number of nitrogens with zero attached hydrogens (tertiary/aromatic N) is 6. The first kappa shape index (κ1) is 13.2. The molecule has 2 heterocycles. The molecule has 0 fully saturated rings. The van der Waals surface area contributed by atoms with Crippen LogP contribution in [0.4, 0.5) is 0 Å². The topological polar surface area (TPSA) is 87.7 Å². The van der Waals surface area contributed by atoms with Crippen LogP contribution in [0.5, 0.6) is 0 Å². The number of carbonyl (C=O) groups excluding carboxylic acids is 1. The number of tetrazole rings is 1. The molecular formula is C11H16N6O2. The van der Waals surface area contributed by atoms with Crippen LogP contribution >= 0.6 is 0 Å². The predicted octanol–water partition coefficient (Wildman–Crippen LogP) is 0.216. The average Bonchev–Trinajstić information content (AvgIpc) is 3.00. The van der Waals surface area contributed by atoms with Crippen LogP contribution in [0.3, 0.4) is 0 Å². The highest BCUT2D eigenvalue weighted by Crippen LogP contribution is 2.04. The van der Waals surface area contributed by atoms with Gasteiger partial charge in [0.05, 0.1) is 6.61 Å². The van der Waals surface area contributed by atoms with E-state index in [0.717, 1.165) is 18.7 Å². The van der Waals surface area contributed by atoms with E-state index in [1.165, 1.54) is 0 Å². The Morgan fingerprint density at radius 3 is 3.00 bits per heavy atom. The van der Waals surface area contributed by atoms with Gasteiger partial charge in [0.15, 0.2) is 5.82 Å². The van der Waals surface area contributed by atoms with E-state index >= 15 is 0 Å². The van der Waals surface area contributed by atoms with Crippen molar-refractivity contribution in [2.24, 2.45) is 7.05 Å². The molecule has 0 aromatic carbocycles. The molecule has 0 spiro atoms. The first-order valence-electron chi connectivity index (χ1n) is 6.12. The lowest BCUT2D eigenvalue weighted by molar-refractivity contribution is 0.0506. The fourth-order valence-electron chi connectivity index (χ4n) is 1.74. The van der Waals surface area contributed by atoms with Gasteiger partial charge in [-0.1, -0.05) is 0 Å². The van der Waals surface area contributed by atoms with Crippen molar-refractivity contribution >= 4 is 5.97 Å². The number of aromatic nitrogens is 6. The summed E-state index contributed by atoms with van der Waals surface area (Å²) in [5, 5.41) is 11.2. The minimum atomic E-state index is -0.396. The number of imidazole rings is 1. The van der Waals surface area contributed by atoms with Gasteiger partial charge in [-0.3, -0.25) is 0 Å². The molecule has 0 saturated carbocycles. The van der Waals surface area contributed by atoms with Crippen molar-refractivity contribution in [1.29, 1.82) is 0 Å². The highest BCUT2D eigenvalue weighted by molar-refractivity contribution is 5.85. The van der Waals surface area contributed by atoms with Gasteiger partial charge in [-0.2, -0.15) is 0 Å². The van der Waals surface area contributed by atoms with Gasteiger partial charge in [0, 0.05) is 32.4 Å². The lowest BCUT2D eigenvalue weighted by atomic mass is 10.3. The Labute approximate surface area is 110 Å². The lowest BCUT2D eigenvalue weighted by Crippen LogP contribution is -2.14. The van der Waals surface area contributed by atoms with Crippen molar-refractivity contribution < 1.29 is 9.53 Å². The molecule has 8 nitrogen and oxygen atoms in total. The van der Waals surface area contributed by atoms with Crippen LogP contribution in [-0.4, -0.2) is 42.3 Å². The van der Waals surface area contributed by atoms with Gasteiger partial charge in [-0.15, -0.1) is 5.10 Å². The van der Waals surface area contributed by atoms with Gasteiger partial charge in [-0.05, 0) is 23.8 Å². The molecule has 19 heavy (non-hydrogen) atoms. The molecule has 0 N–H and O–H groups in total. The van der Waals surface area contributed by atoms with E-state index in [4.69, 9.17) is 4.74 Å². The number of hydrogen-bond donors (Lipinski definition) is 0. The monoisotopic (exact) mass is 264 g/mol. The Morgan fingerprint density at radius 1 is 1.47 bits per heavy atom. The zero-order valence-electron chi connectivity index (χ0n) is 11.0. The molecule has 0 aliphatic carbocycles. The summed E-state index contributed by atoms with van der Waals surface area (Å²) in [7, 11) is 1.80. The fraction of sp³-hybridized carbons (Fsp3) is 0.545. The minimum absolute atomic E-state index is 0.331. The molecule has 0 aliphatic rings. The zero-order valence-corrected chi connectivity index (χ0v) is 11.0. The maximum atomic E-state index is 11.6. The summed E-state index contributed by atoms with van der Waals surface area (Å²) < 4.78 is 8.36. The van der Waals surface area contributed by atoms with Crippen LogP contribution in [-0.2, 0) is 24.8 Å². The van der Waals surface area contributed by atoms with Gasteiger partial charge >= 0.3 is 5.97 Å². The lowest BCUT2D eigenvalue weighted by Gasteiger charge is -2.06. The molecule has 8 heteroatoms. The Balaban J connectivity index is 1.91. The van der Waals surface area contributed by atoms with Gasteiger partial charge in [0.1, 0.15) is 0 Å². The summed E-state index contributed by atoms with van der Waals surface area (Å²) in [6.45, 7) is 2.78. The van der Waals surface area contributed by atoms with Crippen molar-refractivity contribution in [1.82, 2.24) is 29.8 Å². The van der Waals surface area contributed by atoms with Crippen LogP contribution in [0.1, 0.15) is 29.8 Å². The first-order valence-corrected chi connectivity index (χ1v) is 6.12. The predicted molar refractivity (Wildman–Crippen MR) is 65.3 cm³/mol. The molecule has 0 aliphatic heterocycles. The highest BCUT2D eigenvalue weighted by atomic mass is 16.5. The SMILES string of the molecule is CCOC(=O)c1nccn1CCCc1nnnn1C. The second kappa shape index (κ2) is 6.07. The number of aryl methyl sites for hydroxylation is 3. The van der Waals surface area contributed by atoms with Gasteiger partial charge < -0.3 is 9.30 Å². The summed E-state index contributed by atoms with van der Waals surface area (Å²) in [6.07, 6.45) is 4.91.